The van der Waals surface area contributed by atoms with Crippen molar-refractivity contribution in [3.63, 3.8) is 0 Å². The summed E-state index contributed by atoms with van der Waals surface area (Å²) >= 11 is 0. The number of ether oxygens (including phenoxy) is 2. The van der Waals surface area contributed by atoms with Gasteiger partial charge in [-0.1, -0.05) is 0 Å². The van der Waals surface area contributed by atoms with Crippen LogP contribution in [0.15, 0.2) is 12.1 Å². The monoisotopic (exact) mass is 165 g/mol. The van der Waals surface area contributed by atoms with Crippen molar-refractivity contribution in [3.05, 3.63) is 30.2 Å². The number of aryl methyl sites for hydroxylation is 1. The molecule has 0 aliphatic heterocycles. The van der Waals surface area contributed by atoms with Crippen LogP contribution in [0.4, 0.5) is 0 Å². The lowest BCUT2D eigenvalue weighted by Gasteiger charge is -2.10. The smallest absolute Gasteiger partial charge is 0.126 e. The van der Waals surface area contributed by atoms with Crippen molar-refractivity contribution in [2.24, 2.45) is 0 Å². The number of hydrogen-bond donors (Lipinski definition) is 0. The van der Waals surface area contributed by atoms with Crippen LogP contribution in [0.1, 0.15) is 11.1 Å². The lowest BCUT2D eigenvalue weighted by Crippen LogP contribution is -1.93. The van der Waals surface area contributed by atoms with Crippen LogP contribution in [0.2, 0.25) is 0 Å². The number of hydrogen-bond acceptors (Lipinski definition) is 2. The first-order valence-electron chi connectivity index (χ1n) is 3.73. The molecule has 65 valence electrons. The molecular weight excluding hydrogens is 152 g/mol. The molecule has 0 saturated carbocycles. The van der Waals surface area contributed by atoms with Crippen LogP contribution in [0, 0.1) is 13.8 Å². The largest absolute Gasteiger partial charge is 0.496 e. The maximum Gasteiger partial charge on any atom is 0.126 e. The van der Waals surface area contributed by atoms with Gasteiger partial charge in [0.05, 0.1) is 14.2 Å². The molecule has 1 rings (SSSR count). The highest BCUT2D eigenvalue weighted by Crippen LogP contribution is 2.28. The highest BCUT2D eigenvalue weighted by Gasteiger charge is 2.05. The summed E-state index contributed by atoms with van der Waals surface area (Å²) < 4.78 is 10.3. The van der Waals surface area contributed by atoms with Gasteiger partial charge >= 0.3 is 0 Å². The van der Waals surface area contributed by atoms with E-state index in [0.717, 1.165) is 22.6 Å². The predicted octanol–water partition coefficient (Wildman–Crippen LogP) is 2.19. The number of benzene rings is 1. The van der Waals surface area contributed by atoms with Gasteiger partial charge in [0.25, 0.3) is 0 Å². The van der Waals surface area contributed by atoms with Crippen molar-refractivity contribution < 1.29 is 9.47 Å². The van der Waals surface area contributed by atoms with Crippen LogP contribution in [0.3, 0.4) is 0 Å². The van der Waals surface area contributed by atoms with Crippen molar-refractivity contribution in [3.8, 4) is 11.5 Å². The molecule has 0 amide bonds. The first kappa shape index (κ1) is 8.91. The van der Waals surface area contributed by atoms with Gasteiger partial charge in [-0.15, -0.1) is 0 Å². The number of rotatable bonds is 2. The van der Waals surface area contributed by atoms with E-state index in [-0.39, 0.29) is 0 Å². The van der Waals surface area contributed by atoms with E-state index in [2.05, 4.69) is 6.92 Å². The molecule has 0 aliphatic carbocycles. The predicted molar refractivity (Wildman–Crippen MR) is 48.7 cm³/mol. The van der Waals surface area contributed by atoms with E-state index in [1.54, 1.807) is 14.2 Å². The summed E-state index contributed by atoms with van der Waals surface area (Å²) in [5.41, 5.74) is 1.90. The minimum Gasteiger partial charge on any atom is -0.496 e. The normalized spacial score (nSPS) is 9.67. The Kier molecular flexibility index (Phi) is 2.58. The summed E-state index contributed by atoms with van der Waals surface area (Å²) in [7, 11) is 3.26. The van der Waals surface area contributed by atoms with E-state index in [1.807, 2.05) is 19.1 Å². The summed E-state index contributed by atoms with van der Waals surface area (Å²) in [6.07, 6.45) is 0. The minimum absolute atomic E-state index is 0.770. The highest BCUT2D eigenvalue weighted by molar-refractivity contribution is 5.49. The molecule has 0 N–H and O–H groups in total. The summed E-state index contributed by atoms with van der Waals surface area (Å²) in [5, 5.41) is 0. The second kappa shape index (κ2) is 3.48. The quantitative estimate of drug-likeness (QED) is 0.668. The fourth-order valence-corrected chi connectivity index (χ4v) is 1.12. The summed E-state index contributed by atoms with van der Waals surface area (Å²) in [6.45, 7) is 5.84. The molecule has 2 nitrogen and oxygen atoms in total. The molecule has 0 bridgehead atoms. The van der Waals surface area contributed by atoms with Crippen molar-refractivity contribution in [1.29, 1.82) is 0 Å². The molecule has 0 unspecified atom stereocenters. The second-order valence-corrected chi connectivity index (χ2v) is 2.65. The van der Waals surface area contributed by atoms with E-state index in [0.29, 0.717) is 0 Å². The Morgan fingerprint density at radius 3 is 1.83 bits per heavy atom. The molecule has 0 aromatic heterocycles. The maximum atomic E-state index is 5.13. The zero-order valence-corrected chi connectivity index (χ0v) is 7.68. The van der Waals surface area contributed by atoms with E-state index in [9.17, 15) is 0 Å². The molecule has 0 spiro atoms. The van der Waals surface area contributed by atoms with E-state index < -0.39 is 0 Å². The Labute approximate surface area is 73.1 Å². The van der Waals surface area contributed by atoms with Crippen LogP contribution in [-0.4, -0.2) is 14.2 Å². The highest BCUT2D eigenvalue weighted by atomic mass is 16.5. The standard InChI is InChI=1S/C10H13O2/c1-7-5-9(11-3)8(2)10(6-7)12-4/h5-6H,2H2,1,3-4H3. The average Bonchev–Trinajstić information content (AvgIpc) is 2.08. The summed E-state index contributed by atoms with van der Waals surface area (Å²) in [5.74, 6) is 1.54. The Hall–Kier alpha value is -1.18. The SMILES string of the molecule is [CH2]c1c(OC)cc(C)cc1OC. The molecule has 1 aromatic rings. The Morgan fingerprint density at radius 1 is 1.08 bits per heavy atom. The van der Waals surface area contributed by atoms with Gasteiger partial charge < -0.3 is 9.47 Å². The average molecular weight is 165 g/mol. The minimum atomic E-state index is 0.770. The van der Waals surface area contributed by atoms with Crippen LogP contribution < -0.4 is 9.47 Å². The van der Waals surface area contributed by atoms with Gasteiger partial charge in [0.15, 0.2) is 0 Å². The third-order valence-corrected chi connectivity index (χ3v) is 1.75. The molecule has 0 saturated heterocycles. The van der Waals surface area contributed by atoms with Crippen LogP contribution in [0.5, 0.6) is 11.5 Å². The summed E-state index contributed by atoms with van der Waals surface area (Å²) in [4.78, 5) is 0. The topological polar surface area (TPSA) is 18.5 Å². The third-order valence-electron chi connectivity index (χ3n) is 1.75. The maximum absolute atomic E-state index is 5.13. The third kappa shape index (κ3) is 1.52. The van der Waals surface area contributed by atoms with Crippen molar-refractivity contribution in [2.45, 2.75) is 6.92 Å². The van der Waals surface area contributed by atoms with E-state index in [1.165, 1.54) is 0 Å². The molecule has 0 fully saturated rings. The van der Waals surface area contributed by atoms with Crippen molar-refractivity contribution in [1.82, 2.24) is 0 Å². The van der Waals surface area contributed by atoms with Crippen molar-refractivity contribution >= 4 is 0 Å². The molecule has 1 radical (unpaired) electrons. The Morgan fingerprint density at radius 2 is 1.50 bits per heavy atom. The Bertz CT molecular complexity index is 254. The van der Waals surface area contributed by atoms with Gasteiger partial charge in [-0.2, -0.15) is 0 Å². The number of methoxy groups -OCH3 is 2. The fourth-order valence-electron chi connectivity index (χ4n) is 1.12. The van der Waals surface area contributed by atoms with E-state index >= 15 is 0 Å². The van der Waals surface area contributed by atoms with E-state index in [4.69, 9.17) is 9.47 Å². The van der Waals surface area contributed by atoms with Gasteiger partial charge in [0.1, 0.15) is 11.5 Å². The van der Waals surface area contributed by atoms with Crippen LogP contribution >= 0.6 is 0 Å². The van der Waals surface area contributed by atoms with Gasteiger partial charge in [0.2, 0.25) is 0 Å². The van der Waals surface area contributed by atoms with Crippen LogP contribution in [0.25, 0.3) is 0 Å². The molecule has 1 aromatic carbocycles. The van der Waals surface area contributed by atoms with Gasteiger partial charge in [-0.3, -0.25) is 0 Å². The fraction of sp³-hybridized carbons (Fsp3) is 0.300. The second-order valence-electron chi connectivity index (χ2n) is 2.65. The lowest BCUT2D eigenvalue weighted by molar-refractivity contribution is 0.390. The molecule has 2 heteroatoms. The lowest BCUT2D eigenvalue weighted by atomic mass is 10.1. The van der Waals surface area contributed by atoms with Gasteiger partial charge in [-0.25, -0.2) is 0 Å². The zero-order chi connectivity index (χ0) is 9.14. The molecule has 0 aliphatic rings. The summed E-state index contributed by atoms with van der Waals surface area (Å²) in [6, 6.07) is 3.87. The van der Waals surface area contributed by atoms with Gasteiger partial charge in [0, 0.05) is 5.56 Å². The zero-order valence-electron chi connectivity index (χ0n) is 7.68. The molecule has 0 heterocycles. The first-order chi connectivity index (χ1) is 5.69. The Balaban J connectivity index is 3.22. The van der Waals surface area contributed by atoms with Gasteiger partial charge in [-0.05, 0) is 31.5 Å². The van der Waals surface area contributed by atoms with Crippen LogP contribution in [-0.2, 0) is 0 Å². The molecular formula is C10H13O2. The molecule has 0 atom stereocenters. The first-order valence-corrected chi connectivity index (χ1v) is 3.73. The van der Waals surface area contributed by atoms with Crippen molar-refractivity contribution in [2.75, 3.05) is 14.2 Å². The molecule has 12 heavy (non-hydrogen) atoms.